The van der Waals surface area contributed by atoms with Crippen LogP contribution in [0.3, 0.4) is 0 Å². The molecule has 0 atom stereocenters. The van der Waals surface area contributed by atoms with E-state index in [1.54, 1.807) is 0 Å². The highest BCUT2D eigenvalue weighted by molar-refractivity contribution is 5.94. The zero-order chi connectivity index (χ0) is 13.7. The summed E-state index contributed by atoms with van der Waals surface area (Å²) >= 11 is 0. The first-order valence-electron chi connectivity index (χ1n) is 7.02. The minimum Gasteiger partial charge on any atom is -0.393 e. The maximum Gasteiger partial charge on any atom is 0.253 e. The largest absolute Gasteiger partial charge is 0.393 e. The Bertz CT molecular complexity index is 409. The van der Waals surface area contributed by atoms with Crippen molar-refractivity contribution in [2.24, 2.45) is 0 Å². The average Bonchev–Trinajstić information content (AvgIpc) is 2.46. The molecule has 19 heavy (non-hydrogen) atoms. The molecular weight excluding hydrogens is 240 g/mol. The quantitative estimate of drug-likeness (QED) is 0.873. The number of carbonyl (C=O) groups excluding carboxylic acids is 1. The first-order chi connectivity index (χ1) is 9.20. The second-order valence-corrected chi connectivity index (χ2v) is 5.03. The van der Waals surface area contributed by atoms with Gasteiger partial charge in [0.25, 0.3) is 5.91 Å². The van der Waals surface area contributed by atoms with E-state index in [0.29, 0.717) is 25.9 Å². The number of anilines is 1. The van der Waals surface area contributed by atoms with E-state index in [9.17, 15) is 9.90 Å². The maximum atomic E-state index is 12.3. The first-order valence-corrected chi connectivity index (χ1v) is 7.02. The van der Waals surface area contributed by atoms with E-state index in [1.165, 1.54) is 0 Å². The SMILES string of the molecule is CCCNc1ccc(C(=O)N2CCC(O)CC2)cc1. The number of hydrogen-bond donors (Lipinski definition) is 2. The molecule has 2 N–H and O–H groups in total. The molecular formula is C15H22N2O2. The molecule has 104 valence electrons. The number of nitrogens with one attached hydrogen (secondary N) is 1. The molecule has 0 unspecified atom stereocenters. The number of benzene rings is 1. The van der Waals surface area contributed by atoms with Gasteiger partial charge < -0.3 is 15.3 Å². The fourth-order valence-corrected chi connectivity index (χ4v) is 2.25. The number of likely N-dealkylation sites (tertiary alicyclic amines) is 1. The summed E-state index contributed by atoms with van der Waals surface area (Å²) in [6.45, 7) is 4.36. The van der Waals surface area contributed by atoms with Crippen LogP contribution in [0.1, 0.15) is 36.5 Å². The second kappa shape index (κ2) is 6.57. The average molecular weight is 262 g/mol. The number of aliphatic hydroxyl groups is 1. The van der Waals surface area contributed by atoms with Gasteiger partial charge in [-0.25, -0.2) is 0 Å². The topological polar surface area (TPSA) is 52.6 Å². The van der Waals surface area contributed by atoms with Crippen LogP contribution in [-0.2, 0) is 0 Å². The fourth-order valence-electron chi connectivity index (χ4n) is 2.25. The predicted molar refractivity (Wildman–Crippen MR) is 76.4 cm³/mol. The number of amides is 1. The van der Waals surface area contributed by atoms with E-state index in [2.05, 4.69) is 12.2 Å². The van der Waals surface area contributed by atoms with Crippen molar-refractivity contribution >= 4 is 11.6 Å². The van der Waals surface area contributed by atoms with Crippen LogP contribution in [-0.4, -0.2) is 41.7 Å². The van der Waals surface area contributed by atoms with Crippen molar-refractivity contribution in [3.63, 3.8) is 0 Å². The van der Waals surface area contributed by atoms with Crippen molar-refractivity contribution in [2.45, 2.75) is 32.3 Å². The van der Waals surface area contributed by atoms with Gasteiger partial charge in [-0.05, 0) is 43.5 Å². The highest BCUT2D eigenvalue weighted by atomic mass is 16.3. The van der Waals surface area contributed by atoms with Gasteiger partial charge in [0.05, 0.1) is 6.10 Å². The van der Waals surface area contributed by atoms with Crippen LogP contribution in [0.25, 0.3) is 0 Å². The number of piperidine rings is 1. The summed E-state index contributed by atoms with van der Waals surface area (Å²) in [5, 5.41) is 12.7. The van der Waals surface area contributed by atoms with Crippen LogP contribution in [0.15, 0.2) is 24.3 Å². The van der Waals surface area contributed by atoms with Gasteiger partial charge in [-0.2, -0.15) is 0 Å². The molecule has 0 radical (unpaired) electrons. The number of rotatable bonds is 4. The van der Waals surface area contributed by atoms with Gasteiger partial charge in [0.1, 0.15) is 0 Å². The van der Waals surface area contributed by atoms with Crippen LogP contribution >= 0.6 is 0 Å². The van der Waals surface area contributed by atoms with E-state index < -0.39 is 0 Å². The van der Waals surface area contributed by atoms with Crippen molar-refractivity contribution in [3.8, 4) is 0 Å². The third kappa shape index (κ3) is 3.70. The van der Waals surface area contributed by atoms with E-state index >= 15 is 0 Å². The van der Waals surface area contributed by atoms with Crippen molar-refractivity contribution < 1.29 is 9.90 Å². The van der Waals surface area contributed by atoms with E-state index in [4.69, 9.17) is 0 Å². The molecule has 0 aliphatic carbocycles. The molecule has 1 amide bonds. The predicted octanol–water partition coefficient (Wildman–Crippen LogP) is 2.11. The Morgan fingerprint density at radius 3 is 2.53 bits per heavy atom. The van der Waals surface area contributed by atoms with Gasteiger partial charge in [0, 0.05) is 30.9 Å². The Labute approximate surface area is 114 Å². The molecule has 0 spiro atoms. The molecule has 1 aliphatic rings. The van der Waals surface area contributed by atoms with Crippen LogP contribution in [0.4, 0.5) is 5.69 Å². The highest BCUT2D eigenvalue weighted by Gasteiger charge is 2.21. The van der Waals surface area contributed by atoms with Crippen molar-refractivity contribution in [1.29, 1.82) is 0 Å². The molecule has 0 bridgehead atoms. The molecule has 1 saturated heterocycles. The Morgan fingerprint density at radius 1 is 1.32 bits per heavy atom. The van der Waals surface area contributed by atoms with Crippen molar-refractivity contribution in [1.82, 2.24) is 4.90 Å². The van der Waals surface area contributed by atoms with Gasteiger partial charge >= 0.3 is 0 Å². The lowest BCUT2D eigenvalue weighted by Crippen LogP contribution is -2.40. The maximum absolute atomic E-state index is 12.3. The van der Waals surface area contributed by atoms with E-state index in [1.807, 2.05) is 29.2 Å². The minimum absolute atomic E-state index is 0.0638. The van der Waals surface area contributed by atoms with Crippen molar-refractivity contribution in [3.05, 3.63) is 29.8 Å². The van der Waals surface area contributed by atoms with Gasteiger partial charge in [0.15, 0.2) is 0 Å². The standard InChI is InChI=1S/C15H22N2O2/c1-2-9-16-13-5-3-12(4-6-13)15(19)17-10-7-14(18)8-11-17/h3-6,14,16,18H,2,7-11H2,1H3. The number of carbonyl (C=O) groups is 1. The van der Waals surface area contributed by atoms with E-state index in [-0.39, 0.29) is 12.0 Å². The summed E-state index contributed by atoms with van der Waals surface area (Å²) in [6.07, 6.45) is 2.20. The van der Waals surface area contributed by atoms with Crippen LogP contribution in [0, 0.1) is 0 Å². The number of aliphatic hydroxyl groups excluding tert-OH is 1. The summed E-state index contributed by atoms with van der Waals surface area (Å²) in [5.41, 5.74) is 1.77. The lowest BCUT2D eigenvalue weighted by atomic mass is 10.1. The van der Waals surface area contributed by atoms with Crippen LogP contribution < -0.4 is 5.32 Å². The highest BCUT2D eigenvalue weighted by Crippen LogP contribution is 2.15. The van der Waals surface area contributed by atoms with E-state index in [0.717, 1.165) is 24.2 Å². The lowest BCUT2D eigenvalue weighted by Gasteiger charge is -2.29. The Hall–Kier alpha value is -1.55. The Morgan fingerprint density at radius 2 is 1.95 bits per heavy atom. The monoisotopic (exact) mass is 262 g/mol. The normalized spacial score (nSPS) is 16.4. The molecule has 1 heterocycles. The fraction of sp³-hybridized carbons (Fsp3) is 0.533. The Kier molecular flexibility index (Phi) is 4.80. The molecule has 0 aromatic heterocycles. The number of hydrogen-bond acceptors (Lipinski definition) is 3. The van der Waals surface area contributed by atoms with Gasteiger partial charge in [0.2, 0.25) is 0 Å². The summed E-state index contributed by atoms with van der Waals surface area (Å²) in [7, 11) is 0. The molecule has 1 fully saturated rings. The number of nitrogens with zero attached hydrogens (tertiary/aromatic N) is 1. The summed E-state index contributed by atoms with van der Waals surface area (Å²) < 4.78 is 0. The Balaban J connectivity index is 1.95. The van der Waals surface area contributed by atoms with Crippen molar-refractivity contribution in [2.75, 3.05) is 25.0 Å². The minimum atomic E-state index is -0.246. The molecule has 4 heteroatoms. The summed E-state index contributed by atoms with van der Waals surface area (Å²) in [4.78, 5) is 14.1. The molecule has 1 aromatic carbocycles. The molecule has 0 saturated carbocycles. The second-order valence-electron chi connectivity index (χ2n) is 5.03. The molecule has 1 aromatic rings. The van der Waals surface area contributed by atoms with Gasteiger partial charge in [-0.1, -0.05) is 6.92 Å². The smallest absolute Gasteiger partial charge is 0.253 e. The summed E-state index contributed by atoms with van der Waals surface area (Å²) in [5.74, 6) is 0.0638. The molecule has 1 aliphatic heterocycles. The van der Waals surface area contributed by atoms with Gasteiger partial charge in [-0.3, -0.25) is 4.79 Å². The summed E-state index contributed by atoms with van der Waals surface area (Å²) in [6, 6.07) is 7.63. The molecule has 4 nitrogen and oxygen atoms in total. The lowest BCUT2D eigenvalue weighted by molar-refractivity contribution is 0.0546. The van der Waals surface area contributed by atoms with Gasteiger partial charge in [-0.15, -0.1) is 0 Å². The third-order valence-corrected chi connectivity index (χ3v) is 3.46. The zero-order valence-electron chi connectivity index (χ0n) is 11.4. The third-order valence-electron chi connectivity index (χ3n) is 3.46. The van der Waals surface area contributed by atoms with Crippen LogP contribution in [0.2, 0.25) is 0 Å². The first kappa shape index (κ1) is 13.9. The molecule has 2 rings (SSSR count). The van der Waals surface area contributed by atoms with Crippen LogP contribution in [0.5, 0.6) is 0 Å². The zero-order valence-corrected chi connectivity index (χ0v) is 11.4.